The number of nitrogens with zero attached hydrogens (tertiary/aromatic N) is 2. The maximum Gasteiger partial charge on any atom is 0.349 e. The molecule has 1 atom stereocenters. The molecule has 1 unspecified atom stereocenters. The smallest absolute Gasteiger partial charge is 0.349 e. The third kappa shape index (κ3) is 6.85. The first kappa shape index (κ1) is 24.4. The number of ether oxygens (including phenoxy) is 1. The Bertz CT molecular complexity index is 1070. The van der Waals surface area contributed by atoms with Crippen LogP contribution in [0.2, 0.25) is 10.0 Å². The van der Waals surface area contributed by atoms with Gasteiger partial charge < -0.3 is 20.2 Å². The third-order valence-electron chi connectivity index (χ3n) is 4.42. The van der Waals surface area contributed by atoms with E-state index < -0.39 is 18.3 Å². The molecule has 0 bridgehead atoms. The number of amides is 2. The van der Waals surface area contributed by atoms with Gasteiger partial charge in [0.05, 0.1) is 17.7 Å². The number of anilines is 1. The Morgan fingerprint density at radius 3 is 2.64 bits per heavy atom. The van der Waals surface area contributed by atoms with Gasteiger partial charge in [-0.05, 0) is 55.8 Å². The minimum Gasteiger partial charge on any atom is -0.489 e. The molecule has 1 heterocycles. The van der Waals surface area contributed by atoms with E-state index in [0.717, 1.165) is 11.6 Å². The standard InChI is InChI=1S/C22H23Cl2N5O4/c1-13(2)32-18-8-7-16(11-17(18)24)26-21-27-19(9-10-20(30)33-25)28-22(31)29(21)12-14-3-5-15(23)6-4-14/h3-11,13,21,26H,12,25H2,1-2H3,(H,27,28,31)/b10-9+. The fourth-order valence-corrected chi connectivity index (χ4v) is 3.31. The van der Waals surface area contributed by atoms with Crippen molar-refractivity contribution in [3.8, 4) is 5.75 Å². The largest absolute Gasteiger partial charge is 0.489 e. The second kappa shape index (κ2) is 11.0. The number of hydrogen-bond acceptors (Lipinski definition) is 7. The van der Waals surface area contributed by atoms with Crippen molar-refractivity contribution in [2.45, 2.75) is 32.8 Å². The molecule has 0 radical (unpaired) electrons. The highest BCUT2D eigenvalue weighted by Crippen LogP contribution is 2.29. The second-order valence-electron chi connectivity index (χ2n) is 7.31. The number of aliphatic imine (C=N–C) groups is 1. The van der Waals surface area contributed by atoms with Crippen LogP contribution in [0.25, 0.3) is 0 Å². The number of nitrogens with one attached hydrogen (secondary N) is 2. The number of rotatable bonds is 8. The predicted octanol–water partition coefficient (Wildman–Crippen LogP) is 4.07. The average molecular weight is 492 g/mol. The quantitative estimate of drug-likeness (QED) is 0.376. The van der Waals surface area contributed by atoms with Gasteiger partial charge in [-0.15, -0.1) is 0 Å². The summed E-state index contributed by atoms with van der Waals surface area (Å²) in [5, 5.41) is 7.29. The van der Waals surface area contributed by atoms with Gasteiger partial charge >= 0.3 is 12.0 Å². The average Bonchev–Trinajstić information content (AvgIpc) is 2.77. The van der Waals surface area contributed by atoms with Gasteiger partial charge in [0.15, 0.2) is 6.29 Å². The monoisotopic (exact) mass is 491 g/mol. The van der Waals surface area contributed by atoms with Gasteiger partial charge in [0, 0.05) is 16.8 Å². The number of halogens is 2. The van der Waals surface area contributed by atoms with Crippen molar-refractivity contribution in [1.82, 2.24) is 10.2 Å². The van der Waals surface area contributed by atoms with Crippen molar-refractivity contribution in [1.29, 1.82) is 0 Å². The molecular weight excluding hydrogens is 469 g/mol. The summed E-state index contributed by atoms with van der Waals surface area (Å²) in [6, 6.07) is 11.8. The summed E-state index contributed by atoms with van der Waals surface area (Å²) in [5.41, 5.74) is 1.48. The molecule has 174 valence electrons. The molecule has 1 aliphatic rings. The zero-order chi connectivity index (χ0) is 24.0. The van der Waals surface area contributed by atoms with Crippen molar-refractivity contribution in [3.05, 3.63) is 70.2 Å². The fraction of sp³-hybridized carbons (Fsp3) is 0.227. The molecule has 9 nitrogen and oxygen atoms in total. The van der Waals surface area contributed by atoms with Crippen molar-refractivity contribution in [3.63, 3.8) is 0 Å². The van der Waals surface area contributed by atoms with Gasteiger partial charge in [0.1, 0.15) is 11.6 Å². The SMILES string of the molecule is CC(C)Oc1ccc(NC2NC(/C=C/C(=O)ON)=NC(=O)N2Cc2ccc(Cl)cc2)cc1Cl. The lowest BCUT2D eigenvalue weighted by Crippen LogP contribution is -2.57. The molecular formula is C22H23Cl2N5O4. The van der Waals surface area contributed by atoms with Crippen LogP contribution in [0.5, 0.6) is 5.75 Å². The zero-order valence-corrected chi connectivity index (χ0v) is 19.4. The Labute approximate surface area is 201 Å². The van der Waals surface area contributed by atoms with E-state index in [1.165, 1.54) is 11.0 Å². The van der Waals surface area contributed by atoms with Crippen LogP contribution in [0.15, 0.2) is 59.6 Å². The molecule has 2 amide bonds. The lowest BCUT2D eigenvalue weighted by atomic mass is 10.2. The van der Waals surface area contributed by atoms with E-state index in [0.29, 0.717) is 21.5 Å². The van der Waals surface area contributed by atoms with Crippen molar-refractivity contribution < 1.29 is 19.2 Å². The minimum atomic E-state index is -0.785. The highest BCUT2D eigenvalue weighted by Gasteiger charge is 2.29. The lowest BCUT2D eigenvalue weighted by Gasteiger charge is -2.35. The van der Waals surface area contributed by atoms with E-state index in [4.69, 9.17) is 33.8 Å². The lowest BCUT2D eigenvalue weighted by molar-refractivity contribution is -0.138. The molecule has 0 saturated carbocycles. The van der Waals surface area contributed by atoms with E-state index in [2.05, 4.69) is 20.5 Å². The molecule has 0 aliphatic carbocycles. The maximum atomic E-state index is 12.8. The number of amidine groups is 1. The summed E-state index contributed by atoms with van der Waals surface area (Å²) in [5.74, 6) is 4.76. The number of benzene rings is 2. The molecule has 2 aromatic carbocycles. The minimum absolute atomic E-state index is 0.0282. The molecule has 4 N–H and O–H groups in total. The first-order valence-corrected chi connectivity index (χ1v) is 10.7. The van der Waals surface area contributed by atoms with Gasteiger partial charge in [-0.3, -0.25) is 4.90 Å². The first-order valence-electron chi connectivity index (χ1n) is 9.97. The van der Waals surface area contributed by atoms with Gasteiger partial charge in [0.25, 0.3) is 0 Å². The normalized spacial score (nSPS) is 15.9. The molecule has 33 heavy (non-hydrogen) atoms. The first-order chi connectivity index (χ1) is 15.7. The number of nitrogens with two attached hydrogens (primary N) is 1. The Kier molecular flexibility index (Phi) is 8.16. The van der Waals surface area contributed by atoms with Crippen LogP contribution in [0.4, 0.5) is 10.5 Å². The Morgan fingerprint density at radius 1 is 1.27 bits per heavy atom. The van der Waals surface area contributed by atoms with Crippen LogP contribution in [-0.4, -0.2) is 35.1 Å². The van der Waals surface area contributed by atoms with E-state index in [1.807, 2.05) is 26.0 Å². The summed E-state index contributed by atoms with van der Waals surface area (Å²) in [6.07, 6.45) is 1.61. The van der Waals surface area contributed by atoms with Gasteiger partial charge in [0.2, 0.25) is 0 Å². The molecule has 0 spiro atoms. The molecule has 3 rings (SSSR count). The number of carbonyl (C=O) groups is 2. The van der Waals surface area contributed by atoms with Crippen LogP contribution >= 0.6 is 23.2 Å². The van der Waals surface area contributed by atoms with Crippen LogP contribution in [-0.2, 0) is 16.2 Å². The van der Waals surface area contributed by atoms with E-state index in [-0.39, 0.29) is 18.5 Å². The molecule has 0 saturated heterocycles. The highest BCUT2D eigenvalue weighted by molar-refractivity contribution is 6.32. The second-order valence-corrected chi connectivity index (χ2v) is 8.15. The third-order valence-corrected chi connectivity index (χ3v) is 4.96. The van der Waals surface area contributed by atoms with Crippen molar-refractivity contribution in [2.75, 3.05) is 5.32 Å². The van der Waals surface area contributed by atoms with Crippen LogP contribution in [0.3, 0.4) is 0 Å². The summed E-state index contributed by atoms with van der Waals surface area (Å²) < 4.78 is 5.67. The van der Waals surface area contributed by atoms with Crippen LogP contribution in [0, 0.1) is 0 Å². The maximum absolute atomic E-state index is 12.8. The molecule has 11 heteroatoms. The van der Waals surface area contributed by atoms with Gasteiger partial charge in [-0.25, -0.2) is 9.59 Å². The highest BCUT2D eigenvalue weighted by atomic mass is 35.5. The van der Waals surface area contributed by atoms with Gasteiger partial charge in [-0.2, -0.15) is 10.9 Å². The summed E-state index contributed by atoms with van der Waals surface area (Å²) in [4.78, 5) is 33.7. The van der Waals surface area contributed by atoms with Crippen LogP contribution in [0.1, 0.15) is 19.4 Å². The van der Waals surface area contributed by atoms with Crippen LogP contribution < -0.4 is 21.3 Å². The molecule has 1 aliphatic heterocycles. The molecule has 0 aromatic heterocycles. The Balaban J connectivity index is 1.86. The fourth-order valence-electron chi connectivity index (χ4n) is 2.96. The van der Waals surface area contributed by atoms with Gasteiger partial charge in [-0.1, -0.05) is 35.3 Å². The zero-order valence-electron chi connectivity index (χ0n) is 17.9. The molecule has 0 fully saturated rings. The van der Waals surface area contributed by atoms with E-state index >= 15 is 0 Å². The Morgan fingerprint density at radius 2 is 2.00 bits per heavy atom. The number of carbonyl (C=O) groups excluding carboxylic acids is 2. The van der Waals surface area contributed by atoms with Crippen molar-refractivity contribution in [2.24, 2.45) is 10.9 Å². The number of hydrogen-bond donors (Lipinski definition) is 3. The summed E-state index contributed by atoms with van der Waals surface area (Å²) in [6.45, 7) is 4.06. The Hall–Kier alpha value is -3.27. The summed E-state index contributed by atoms with van der Waals surface area (Å²) in [7, 11) is 0. The van der Waals surface area contributed by atoms with E-state index in [9.17, 15) is 9.59 Å². The number of urea groups is 1. The summed E-state index contributed by atoms with van der Waals surface area (Å²) >= 11 is 12.3. The predicted molar refractivity (Wildman–Crippen MR) is 127 cm³/mol. The van der Waals surface area contributed by atoms with Crippen molar-refractivity contribution >= 4 is 46.7 Å². The topological polar surface area (TPSA) is 118 Å². The van der Waals surface area contributed by atoms with E-state index in [1.54, 1.807) is 30.3 Å². The molecule has 2 aromatic rings.